The minimum absolute atomic E-state index is 0.155. The van der Waals surface area contributed by atoms with Gasteiger partial charge >= 0.3 is 0 Å². The van der Waals surface area contributed by atoms with Crippen LogP contribution in [0.2, 0.25) is 0 Å². The summed E-state index contributed by atoms with van der Waals surface area (Å²) in [4.78, 5) is 0. The van der Waals surface area contributed by atoms with Gasteiger partial charge in [-0.15, -0.1) is 0 Å². The van der Waals surface area contributed by atoms with E-state index in [9.17, 15) is 0 Å². The van der Waals surface area contributed by atoms with E-state index in [0.717, 1.165) is 16.7 Å². The van der Waals surface area contributed by atoms with Gasteiger partial charge in [0.25, 0.3) is 0 Å². The number of rotatable bonds is 1. The molecule has 0 aliphatic carbocycles. The fourth-order valence-electron chi connectivity index (χ4n) is 1.36. The van der Waals surface area contributed by atoms with Gasteiger partial charge in [-0.25, -0.2) is 0 Å². The highest BCUT2D eigenvalue weighted by Crippen LogP contribution is 2.24. The summed E-state index contributed by atoms with van der Waals surface area (Å²) in [6.45, 7) is 6.10. The normalized spacial score (nSPS) is 11.9. The van der Waals surface area contributed by atoms with Gasteiger partial charge in [0, 0.05) is 5.39 Å². The van der Waals surface area contributed by atoms with Gasteiger partial charge in [-0.3, -0.25) is 0 Å². The highest BCUT2D eigenvalue weighted by atomic mass is 16.5. The van der Waals surface area contributed by atoms with Crippen LogP contribution < -0.4 is 4.74 Å². The number of furan rings is 1. The zero-order valence-corrected chi connectivity index (χ0v) is 8.70. The van der Waals surface area contributed by atoms with E-state index in [1.165, 1.54) is 0 Å². The van der Waals surface area contributed by atoms with Crippen molar-refractivity contribution in [3.05, 3.63) is 30.5 Å². The van der Waals surface area contributed by atoms with Crippen molar-refractivity contribution in [1.29, 1.82) is 0 Å². The van der Waals surface area contributed by atoms with Gasteiger partial charge in [-0.05, 0) is 45.0 Å². The molecule has 74 valence electrons. The standard InChI is InChI=1S/C12H14O2/c1-12(2,3)14-10-4-5-11-9(8-10)6-7-13-11/h4-8H,1-3H3. The van der Waals surface area contributed by atoms with Crippen LogP contribution in [0.3, 0.4) is 0 Å². The highest BCUT2D eigenvalue weighted by molar-refractivity contribution is 5.78. The topological polar surface area (TPSA) is 22.4 Å². The minimum atomic E-state index is -0.155. The van der Waals surface area contributed by atoms with Crippen molar-refractivity contribution < 1.29 is 9.15 Å². The summed E-state index contributed by atoms with van der Waals surface area (Å²) in [5.74, 6) is 0.881. The van der Waals surface area contributed by atoms with E-state index in [1.54, 1.807) is 6.26 Å². The Morgan fingerprint density at radius 1 is 1.14 bits per heavy atom. The Morgan fingerprint density at radius 3 is 2.64 bits per heavy atom. The van der Waals surface area contributed by atoms with Crippen molar-refractivity contribution in [3.8, 4) is 5.75 Å². The Balaban J connectivity index is 2.35. The lowest BCUT2D eigenvalue weighted by Crippen LogP contribution is -2.22. The molecular formula is C12H14O2. The Morgan fingerprint density at radius 2 is 1.93 bits per heavy atom. The van der Waals surface area contributed by atoms with Crippen LogP contribution in [0.15, 0.2) is 34.9 Å². The molecule has 0 saturated carbocycles. The molecule has 0 atom stereocenters. The van der Waals surface area contributed by atoms with Gasteiger partial charge in [0.05, 0.1) is 6.26 Å². The van der Waals surface area contributed by atoms with Crippen LogP contribution in [0, 0.1) is 0 Å². The fourth-order valence-corrected chi connectivity index (χ4v) is 1.36. The lowest BCUT2D eigenvalue weighted by molar-refractivity contribution is 0.131. The highest BCUT2D eigenvalue weighted by Gasteiger charge is 2.11. The number of ether oxygens (including phenoxy) is 1. The first kappa shape index (κ1) is 9.13. The molecule has 0 bridgehead atoms. The smallest absolute Gasteiger partial charge is 0.134 e. The molecule has 2 aromatic rings. The molecule has 0 unspecified atom stereocenters. The number of hydrogen-bond acceptors (Lipinski definition) is 2. The van der Waals surface area contributed by atoms with E-state index in [1.807, 2.05) is 45.0 Å². The number of fused-ring (bicyclic) bond motifs is 1. The van der Waals surface area contributed by atoms with Crippen molar-refractivity contribution in [1.82, 2.24) is 0 Å². The van der Waals surface area contributed by atoms with Crippen LogP contribution in [-0.2, 0) is 0 Å². The summed E-state index contributed by atoms with van der Waals surface area (Å²) in [5.41, 5.74) is 0.739. The molecule has 14 heavy (non-hydrogen) atoms. The van der Waals surface area contributed by atoms with Gasteiger partial charge in [-0.2, -0.15) is 0 Å². The molecule has 1 aromatic heterocycles. The van der Waals surface area contributed by atoms with E-state index >= 15 is 0 Å². The summed E-state index contributed by atoms with van der Waals surface area (Å²) in [5, 5.41) is 1.08. The Hall–Kier alpha value is -1.44. The van der Waals surface area contributed by atoms with Gasteiger partial charge in [-0.1, -0.05) is 0 Å². The zero-order chi connectivity index (χ0) is 10.2. The quantitative estimate of drug-likeness (QED) is 0.685. The lowest BCUT2D eigenvalue weighted by atomic mass is 10.2. The molecule has 0 aliphatic heterocycles. The first-order valence-corrected chi connectivity index (χ1v) is 4.71. The second-order valence-electron chi connectivity index (χ2n) is 4.33. The Bertz CT molecular complexity index is 435. The Kier molecular flexibility index (Phi) is 1.99. The van der Waals surface area contributed by atoms with E-state index in [4.69, 9.17) is 9.15 Å². The molecular weight excluding hydrogens is 176 g/mol. The van der Waals surface area contributed by atoms with Crippen molar-refractivity contribution in [2.75, 3.05) is 0 Å². The maximum Gasteiger partial charge on any atom is 0.134 e. The van der Waals surface area contributed by atoms with Crippen LogP contribution in [-0.4, -0.2) is 5.60 Å². The van der Waals surface area contributed by atoms with Crippen molar-refractivity contribution in [2.24, 2.45) is 0 Å². The third-order valence-corrected chi connectivity index (χ3v) is 1.85. The average molecular weight is 190 g/mol. The molecule has 2 rings (SSSR count). The SMILES string of the molecule is CC(C)(C)Oc1ccc2occc2c1. The number of hydrogen-bond donors (Lipinski definition) is 0. The van der Waals surface area contributed by atoms with Crippen molar-refractivity contribution in [3.63, 3.8) is 0 Å². The summed E-state index contributed by atoms with van der Waals surface area (Å²) >= 11 is 0. The maximum absolute atomic E-state index is 5.74. The minimum Gasteiger partial charge on any atom is -0.488 e. The summed E-state index contributed by atoms with van der Waals surface area (Å²) in [6, 6.07) is 7.78. The lowest BCUT2D eigenvalue weighted by Gasteiger charge is -2.21. The first-order valence-electron chi connectivity index (χ1n) is 4.71. The molecule has 0 aliphatic rings. The predicted octanol–water partition coefficient (Wildman–Crippen LogP) is 3.61. The summed E-state index contributed by atoms with van der Waals surface area (Å²) in [6.07, 6.45) is 1.69. The van der Waals surface area contributed by atoms with Crippen LogP contribution in [0.4, 0.5) is 0 Å². The van der Waals surface area contributed by atoms with Crippen LogP contribution >= 0.6 is 0 Å². The molecule has 1 heterocycles. The molecule has 0 N–H and O–H groups in total. The maximum atomic E-state index is 5.74. The monoisotopic (exact) mass is 190 g/mol. The first-order chi connectivity index (χ1) is 6.54. The van der Waals surface area contributed by atoms with Crippen LogP contribution in [0.5, 0.6) is 5.75 Å². The predicted molar refractivity (Wildman–Crippen MR) is 56.6 cm³/mol. The van der Waals surface area contributed by atoms with Crippen LogP contribution in [0.1, 0.15) is 20.8 Å². The second-order valence-corrected chi connectivity index (χ2v) is 4.33. The molecule has 0 radical (unpaired) electrons. The van der Waals surface area contributed by atoms with E-state index in [0.29, 0.717) is 0 Å². The molecule has 0 saturated heterocycles. The summed E-state index contributed by atoms with van der Waals surface area (Å²) in [7, 11) is 0. The molecule has 0 fully saturated rings. The number of benzene rings is 1. The van der Waals surface area contributed by atoms with E-state index in [2.05, 4.69) is 0 Å². The molecule has 0 amide bonds. The molecule has 0 spiro atoms. The Labute approximate surface area is 83.5 Å². The van der Waals surface area contributed by atoms with E-state index < -0.39 is 0 Å². The van der Waals surface area contributed by atoms with Gasteiger partial charge in [0.2, 0.25) is 0 Å². The summed E-state index contributed by atoms with van der Waals surface area (Å²) < 4.78 is 11.0. The van der Waals surface area contributed by atoms with Gasteiger partial charge in [0.1, 0.15) is 16.9 Å². The molecule has 1 aromatic carbocycles. The fraction of sp³-hybridized carbons (Fsp3) is 0.333. The zero-order valence-electron chi connectivity index (χ0n) is 8.70. The largest absolute Gasteiger partial charge is 0.488 e. The third kappa shape index (κ3) is 1.90. The van der Waals surface area contributed by atoms with Gasteiger partial charge < -0.3 is 9.15 Å². The van der Waals surface area contributed by atoms with Crippen LogP contribution in [0.25, 0.3) is 11.0 Å². The van der Waals surface area contributed by atoms with Gasteiger partial charge in [0.15, 0.2) is 0 Å². The second kappa shape index (κ2) is 3.05. The molecule has 2 heteroatoms. The van der Waals surface area contributed by atoms with Crippen molar-refractivity contribution in [2.45, 2.75) is 26.4 Å². The van der Waals surface area contributed by atoms with Crippen molar-refractivity contribution >= 4 is 11.0 Å². The molecule has 2 nitrogen and oxygen atoms in total. The average Bonchev–Trinajstić information content (AvgIpc) is 2.47. The van der Waals surface area contributed by atoms with E-state index in [-0.39, 0.29) is 5.60 Å². The third-order valence-electron chi connectivity index (χ3n) is 1.85.